The third-order valence-electron chi connectivity index (χ3n) is 5.42. The van der Waals surface area contributed by atoms with Crippen molar-refractivity contribution in [3.63, 3.8) is 0 Å². The van der Waals surface area contributed by atoms with Crippen LogP contribution in [0.1, 0.15) is 57.8 Å². The first kappa shape index (κ1) is 21.4. The van der Waals surface area contributed by atoms with Gasteiger partial charge >= 0.3 is 0 Å². The number of unbranched alkanes of at least 4 members (excludes halogenated alkanes) is 1. The van der Waals surface area contributed by atoms with Gasteiger partial charge in [-0.2, -0.15) is 0 Å². The number of hydrogen-bond donors (Lipinski definition) is 2. The van der Waals surface area contributed by atoms with Crippen molar-refractivity contribution >= 4 is 17.5 Å². The lowest BCUT2D eigenvalue weighted by Gasteiger charge is -2.37. The fourth-order valence-electron chi connectivity index (χ4n) is 3.56. The van der Waals surface area contributed by atoms with Crippen LogP contribution in [0.5, 0.6) is 5.75 Å². The van der Waals surface area contributed by atoms with Gasteiger partial charge in [-0.15, -0.1) is 0 Å². The van der Waals surface area contributed by atoms with E-state index in [9.17, 15) is 9.59 Å². The Kier molecular flexibility index (Phi) is 6.40. The molecule has 3 aromatic carbocycles. The highest BCUT2D eigenvalue weighted by Gasteiger charge is 2.34. The van der Waals surface area contributed by atoms with Crippen molar-refractivity contribution in [2.45, 2.75) is 32.9 Å². The van der Waals surface area contributed by atoms with Crippen LogP contribution in [-0.4, -0.2) is 23.4 Å². The van der Waals surface area contributed by atoms with Crippen molar-refractivity contribution in [1.82, 2.24) is 10.4 Å². The van der Waals surface area contributed by atoms with Crippen molar-refractivity contribution in [2.24, 2.45) is 0 Å². The molecule has 6 heteroatoms. The number of hydrazine groups is 1. The van der Waals surface area contributed by atoms with Crippen molar-refractivity contribution in [1.29, 1.82) is 0 Å². The third kappa shape index (κ3) is 4.59. The largest absolute Gasteiger partial charge is 0.494 e. The van der Waals surface area contributed by atoms with Gasteiger partial charge in [0.2, 0.25) is 0 Å². The van der Waals surface area contributed by atoms with Gasteiger partial charge in [0.25, 0.3) is 11.8 Å². The summed E-state index contributed by atoms with van der Waals surface area (Å²) in [5.41, 5.74) is 6.49. The van der Waals surface area contributed by atoms with Crippen LogP contribution in [0.2, 0.25) is 0 Å². The summed E-state index contributed by atoms with van der Waals surface area (Å²) in [7, 11) is 0. The van der Waals surface area contributed by atoms with Crippen LogP contribution in [0.4, 0.5) is 5.69 Å². The Morgan fingerprint density at radius 3 is 2.47 bits per heavy atom. The van der Waals surface area contributed by atoms with Gasteiger partial charge in [-0.3, -0.25) is 15.0 Å². The lowest BCUT2D eigenvalue weighted by atomic mass is 10.0. The van der Waals surface area contributed by atoms with Crippen LogP contribution in [0.3, 0.4) is 0 Å². The summed E-state index contributed by atoms with van der Waals surface area (Å²) in [6.45, 7) is 4.76. The summed E-state index contributed by atoms with van der Waals surface area (Å²) in [6.07, 6.45) is 1.51. The number of fused-ring (bicyclic) bond motifs is 1. The molecule has 2 N–H and O–H groups in total. The Labute approximate surface area is 188 Å². The summed E-state index contributed by atoms with van der Waals surface area (Å²) in [6, 6.07) is 22.1. The topological polar surface area (TPSA) is 70.7 Å². The number of hydrogen-bond acceptors (Lipinski definition) is 4. The number of rotatable bonds is 7. The lowest BCUT2D eigenvalue weighted by molar-refractivity contribution is 0.0491. The number of anilines is 1. The molecule has 0 saturated carbocycles. The van der Waals surface area contributed by atoms with Crippen LogP contribution in [0.25, 0.3) is 0 Å². The molecule has 0 radical (unpaired) electrons. The number of carbonyl (C=O) groups excluding carboxylic acids is 2. The van der Waals surface area contributed by atoms with Crippen molar-refractivity contribution in [3.05, 3.63) is 95.1 Å². The van der Waals surface area contributed by atoms with Crippen LogP contribution in [0.15, 0.2) is 72.8 Å². The Hall–Kier alpha value is -3.80. The number of nitrogens with one attached hydrogen (secondary N) is 2. The zero-order chi connectivity index (χ0) is 22.5. The minimum absolute atomic E-state index is 0.266. The molecule has 3 aromatic rings. The predicted molar refractivity (Wildman–Crippen MR) is 124 cm³/mol. The molecule has 1 aliphatic rings. The van der Waals surface area contributed by atoms with E-state index in [2.05, 4.69) is 17.7 Å². The number of para-hydroxylation sites is 1. The molecule has 0 aromatic heterocycles. The number of aryl methyl sites for hydroxylation is 1. The van der Waals surface area contributed by atoms with Crippen molar-refractivity contribution in [3.8, 4) is 5.75 Å². The van der Waals surface area contributed by atoms with E-state index in [1.54, 1.807) is 30.3 Å². The van der Waals surface area contributed by atoms with Crippen LogP contribution < -0.4 is 15.5 Å². The summed E-state index contributed by atoms with van der Waals surface area (Å²) in [5, 5.41) is 4.74. The number of amides is 2. The van der Waals surface area contributed by atoms with Gasteiger partial charge in [-0.1, -0.05) is 55.3 Å². The Morgan fingerprint density at radius 1 is 1.03 bits per heavy atom. The van der Waals surface area contributed by atoms with E-state index in [0.29, 0.717) is 17.7 Å². The number of ether oxygens (including phenoxy) is 1. The molecule has 0 bridgehead atoms. The molecular weight excluding hydrogens is 402 g/mol. The maximum absolute atomic E-state index is 13.3. The standard InChI is InChI=1S/C26H27N3O3/c1-3-4-17-32-21-15-13-20(14-16-21)25(30)28-29-24(19-11-9-18(2)10-12-19)27-23-8-6-5-7-22(23)26(29)31/h5-16,24,27H,3-4,17H2,1-2H3,(H,28,30). The Bertz CT molecular complexity index is 1090. The van der Waals surface area contributed by atoms with E-state index in [4.69, 9.17) is 4.74 Å². The molecule has 0 spiro atoms. The van der Waals surface area contributed by atoms with Crippen LogP contribution >= 0.6 is 0 Å². The first-order valence-corrected chi connectivity index (χ1v) is 10.9. The fraction of sp³-hybridized carbons (Fsp3) is 0.231. The molecule has 0 saturated heterocycles. The molecule has 1 unspecified atom stereocenters. The summed E-state index contributed by atoms with van der Waals surface area (Å²) >= 11 is 0. The third-order valence-corrected chi connectivity index (χ3v) is 5.42. The minimum Gasteiger partial charge on any atom is -0.494 e. The highest BCUT2D eigenvalue weighted by Crippen LogP contribution is 2.32. The second-order valence-corrected chi connectivity index (χ2v) is 7.85. The highest BCUT2D eigenvalue weighted by atomic mass is 16.5. The minimum atomic E-state index is -0.529. The molecule has 6 nitrogen and oxygen atoms in total. The predicted octanol–water partition coefficient (Wildman–Crippen LogP) is 5.09. The summed E-state index contributed by atoms with van der Waals surface area (Å²) < 4.78 is 5.67. The van der Waals surface area contributed by atoms with Crippen LogP contribution in [-0.2, 0) is 0 Å². The van der Waals surface area contributed by atoms with Crippen molar-refractivity contribution in [2.75, 3.05) is 11.9 Å². The molecule has 164 valence electrons. The molecule has 0 aliphatic carbocycles. The zero-order valence-electron chi connectivity index (χ0n) is 18.3. The van der Waals surface area contributed by atoms with Gasteiger partial charge in [-0.25, -0.2) is 5.01 Å². The highest BCUT2D eigenvalue weighted by molar-refractivity contribution is 6.04. The number of benzene rings is 3. The van der Waals surface area contributed by atoms with Gasteiger partial charge in [0.05, 0.1) is 12.2 Å². The van der Waals surface area contributed by atoms with Crippen LogP contribution in [0, 0.1) is 6.92 Å². The van der Waals surface area contributed by atoms with Gasteiger partial charge in [0, 0.05) is 11.3 Å². The molecule has 0 fully saturated rings. The normalized spacial score (nSPS) is 15.0. The molecule has 1 aliphatic heterocycles. The first-order chi connectivity index (χ1) is 15.6. The van der Waals surface area contributed by atoms with E-state index >= 15 is 0 Å². The van der Waals surface area contributed by atoms with Gasteiger partial charge in [-0.05, 0) is 55.3 Å². The smallest absolute Gasteiger partial charge is 0.276 e. The monoisotopic (exact) mass is 429 g/mol. The van der Waals surface area contributed by atoms with E-state index in [1.807, 2.05) is 49.4 Å². The molecule has 32 heavy (non-hydrogen) atoms. The molecular formula is C26H27N3O3. The number of nitrogens with zero attached hydrogens (tertiary/aromatic N) is 1. The lowest BCUT2D eigenvalue weighted by Crippen LogP contribution is -2.52. The number of carbonyl (C=O) groups is 2. The average molecular weight is 430 g/mol. The molecule has 4 rings (SSSR count). The Morgan fingerprint density at radius 2 is 1.75 bits per heavy atom. The second kappa shape index (κ2) is 9.56. The Balaban J connectivity index is 1.57. The summed E-state index contributed by atoms with van der Waals surface area (Å²) in [4.78, 5) is 26.3. The van der Waals surface area contributed by atoms with Gasteiger partial charge < -0.3 is 10.1 Å². The van der Waals surface area contributed by atoms with Crippen molar-refractivity contribution < 1.29 is 14.3 Å². The molecule has 1 atom stereocenters. The average Bonchev–Trinajstić information content (AvgIpc) is 2.82. The van der Waals surface area contributed by atoms with E-state index < -0.39 is 6.17 Å². The SMILES string of the molecule is CCCCOc1ccc(C(=O)NN2C(=O)c3ccccc3NC2c2ccc(C)cc2)cc1. The zero-order valence-corrected chi connectivity index (χ0v) is 18.3. The maximum atomic E-state index is 13.3. The van der Waals surface area contributed by atoms with Gasteiger partial charge in [0.1, 0.15) is 11.9 Å². The maximum Gasteiger partial charge on any atom is 0.276 e. The van der Waals surface area contributed by atoms with E-state index in [1.165, 1.54) is 5.01 Å². The second-order valence-electron chi connectivity index (χ2n) is 7.85. The molecule has 2 amide bonds. The molecule has 1 heterocycles. The van der Waals surface area contributed by atoms with Gasteiger partial charge in [0.15, 0.2) is 0 Å². The quantitative estimate of drug-likeness (QED) is 0.514. The first-order valence-electron chi connectivity index (χ1n) is 10.9. The van der Waals surface area contributed by atoms with E-state index in [0.717, 1.165) is 35.4 Å². The fourth-order valence-corrected chi connectivity index (χ4v) is 3.56. The summed E-state index contributed by atoms with van der Waals surface area (Å²) in [5.74, 6) is 0.0896. The van der Waals surface area contributed by atoms with E-state index in [-0.39, 0.29) is 11.8 Å².